The molecule has 3 aromatic rings. The molecule has 0 amide bonds. The van der Waals surface area contributed by atoms with Gasteiger partial charge in [0, 0.05) is 49.5 Å². The van der Waals surface area contributed by atoms with Crippen molar-refractivity contribution in [2.75, 3.05) is 7.05 Å². The summed E-state index contributed by atoms with van der Waals surface area (Å²) in [6, 6.07) is 7.94. The van der Waals surface area contributed by atoms with Crippen LogP contribution >= 0.6 is 11.6 Å². The van der Waals surface area contributed by atoms with Gasteiger partial charge in [-0.25, -0.2) is 4.98 Å². The van der Waals surface area contributed by atoms with E-state index in [1.54, 1.807) is 6.20 Å². The standard InChI is InChI=1S/C17H20ClN5/c1-13-14(9-20-22(13)3)11-21(2)12-16-5-4-8-23(16)17-7-6-15(18)10-19-17/h4-10H,11-12H2,1-3H3. The van der Waals surface area contributed by atoms with Crippen molar-refractivity contribution in [2.24, 2.45) is 7.05 Å². The van der Waals surface area contributed by atoms with Gasteiger partial charge in [-0.3, -0.25) is 9.58 Å². The van der Waals surface area contributed by atoms with Crippen LogP contribution < -0.4 is 0 Å². The lowest BCUT2D eigenvalue weighted by atomic mass is 10.2. The Kier molecular flexibility index (Phi) is 4.50. The second-order valence-corrected chi connectivity index (χ2v) is 6.19. The first-order valence-corrected chi connectivity index (χ1v) is 7.86. The average Bonchev–Trinajstić information content (AvgIpc) is 3.10. The SMILES string of the molecule is Cc1c(CN(C)Cc2cccn2-c2ccc(Cl)cn2)cnn1C. The third kappa shape index (κ3) is 3.46. The van der Waals surface area contributed by atoms with Crippen molar-refractivity contribution >= 4 is 11.6 Å². The van der Waals surface area contributed by atoms with Crippen LogP contribution in [0.5, 0.6) is 0 Å². The van der Waals surface area contributed by atoms with Gasteiger partial charge in [0.1, 0.15) is 5.82 Å². The molecule has 23 heavy (non-hydrogen) atoms. The van der Waals surface area contributed by atoms with E-state index < -0.39 is 0 Å². The quantitative estimate of drug-likeness (QED) is 0.721. The van der Waals surface area contributed by atoms with Gasteiger partial charge >= 0.3 is 0 Å². The van der Waals surface area contributed by atoms with E-state index in [4.69, 9.17) is 11.6 Å². The molecule has 3 heterocycles. The topological polar surface area (TPSA) is 38.9 Å². The number of rotatable bonds is 5. The number of nitrogens with zero attached hydrogens (tertiary/aromatic N) is 5. The van der Waals surface area contributed by atoms with E-state index in [0.29, 0.717) is 5.02 Å². The minimum atomic E-state index is 0.645. The molecule has 120 valence electrons. The molecule has 0 atom stereocenters. The Bertz CT molecular complexity index is 788. The van der Waals surface area contributed by atoms with Crippen molar-refractivity contribution in [1.29, 1.82) is 0 Å². The van der Waals surface area contributed by atoms with Gasteiger partial charge in [0.2, 0.25) is 0 Å². The Hall–Kier alpha value is -2.11. The molecule has 0 radical (unpaired) electrons. The summed E-state index contributed by atoms with van der Waals surface area (Å²) < 4.78 is 3.99. The first-order chi connectivity index (χ1) is 11.0. The van der Waals surface area contributed by atoms with Crippen LogP contribution in [0, 0.1) is 6.92 Å². The predicted octanol–water partition coefficient (Wildman–Crippen LogP) is 3.20. The van der Waals surface area contributed by atoms with Gasteiger partial charge in [-0.05, 0) is 38.2 Å². The first kappa shape index (κ1) is 15.8. The zero-order valence-electron chi connectivity index (χ0n) is 13.6. The summed E-state index contributed by atoms with van der Waals surface area (Å²) in [5, 5.41) is 4.95. The molecular formula is C17H20ClN5. The molecule has 5 nitrogen and oxygen atoms in total. The Balaban J connectivity index is 1.74. The third-order valence-corrected chi connectivity index (χ3v) is 4.22. The van der Waals surface area contributed by atoms with E-state index >= 15 is 0 Å². The van der Waals surface area contributed by atoms with E-state index in [2.05, 4.69) is 39.6 Å². The summed E-state index contributed by atoms with van der Waals surface area (Å²) in [5.41, 5.74) is 3.63. The molecule has 0 bridgehead atoms. The second kappa shape index (κ2) is 6.56. The van der Waals surface area contributed by atoms with Crippen LogP contribution in [0.4, 0.5) is 0 Å². The van der Waals surface area contributed by atoms with Crippen LogP contribution in [-0.4, -0.2) is 31.3 Å². The van der Waals surface area contributed by atoms with Crippen LogP contribution in [0.25, 0.3) is 5.82 Å². The predicted molar refractivity (Wildman–Crippen MR) is 91.7 cm³/mol. The summed E-state index contributed by atoms with van der Waals surface area (Å²) in [4.78, 5) is 6.66. The maximum absolute atomic E-state index is 5.92. The van der Waals surface area contributed by atoms with E-state index in [9.17, 15) is 0 Å². The zero-order valence-corrected chi connectivity index (χ0v) is 14.3. The highest BCUT2D eigenvalue weighted by atomic mass is 35.5. The second-order valence-electron chi connectivity index (χ2n) is 5.76. The highest BCUT2D eigenvalue weighted by Gasteiger charge is 2.10. The molecular weight excluding hydrogens is 310 g/mol. The van der Waals surface area contributed by atoms with E-state index in [1.807, 2.05) is 42.3 Å². The smallest absolute Gasteiger partial charge is 0.136 e. The summed E-state index contributed by atoms with van der Waals surface area (Å²) in [5.74, 6) is 0.875. The monoisotopic (exact) mass is 329 g/mol. The Morgan fingerprint density at radius 2 is 2.00 bits per heavy atom. The largest absolute Gasteiger partial charge is 0.304 e. The van der Waals surface area contributed by atoms with Crippen molar-refractivity contribution in [3.05, 3.63) is 64.8 Å². The third-order valence-electron chi connectivity index (χ3n) is 4.00. The maximum Gasteiger partial charge on any atom is 0.136 e. The Labute approximate surface area is 141 Å². The molecule has 0 saturated heterocycles. The molecule has 0 spiro atoms. The van der Waals surface area contributed by atoms with E-state index in [-0.39, 0.29) is 0 Å². The number of hydrogen-bond donors (Lipinski definition) is 0. The van der Waals surface area contributed by atoms with Crippen LogP contribution in [-0.2, 0) is 20.1 Å². The minimum Gasteiger partial charge on any atom is -0.304 e. The number of aromatic nitrogens is 4. The van der Waals surface area contributed by atoms with Gasteiger partial charge in [0.25, 0.3) is 0 Å². The summed E-state index contributed by atoms with van der Waals surface area (Å²) in [7, 11) is 4.08. The van der Waals surface area contributed by atoms with Gasteiger partial charge in [-0.2, -0.15) is 5.10 Å². The summed E-state index contributed by atoms with van der Waals surface area (Å²) in [6.45, 7) is 3.78. The molecule has 0 saturated carbocycles. The minimum absolute atomic E-state index is 0.645. The van der Waals surface area contributed by atoms with Crippen LogP contribution in [0.2, 0.25) is 5.02 Å². The van der Waals surface area contributed by atoms with Gasteiger partial charge in [0.15, 0.2) is 0 Å². The number of pyridine rings is 1. The maximum atomic E-state index is 5.92. The summed E-state index contributed by atoms with van der Waals surface area (Å²) in [6.07, 6.45) is 5.63. The lowest BCUT2D eigenvalue weighted by Gasteiger charge is -2.18. The average molecular weight is 330 g/mol. The fourth-order valence-corrected chi connectivity index (χ4v) is 2.71. The molecule has 6 heteroatoms. The fourth-order valence-electron chi connectivity index (χ4n) is 2.60. The molecule has 0 aliphatic heterocycles. The molecule has 3 rings (SSSR count). The molecule has 0 aliphatic carbocycles. The summed E-state index contributed by atoms with van der Waals surface area (Å²) >= 11 is 5.92. The van der Waals surface area contributed by atoms with Gasteiger partial charge in [0.05, 0.1) is 11.2 Å². The van der Waals surface area contributed by atoms with Crippen LogP contribution in [0.15, 0.2) is 42.9 Å². The number of halogens is 1. The van der Waals surface area contributed by atoms with Crippen molar-refractivity contribution < 1.29 is 0 Å². The van der Waals surface area contributed by atoms with E-state index in [1.165, 1.54) is 17.0 Å². The molecule has 0 unspecified atom stereocenters. The van der Waals surface area contributed by atoms with Crippen molar-refractivity contribution in [3.8, 4) is 5.82 Å². The van der Waals surface area contributed by atoms with Gasteiger partial charge < -0.3 is 4.57 Å². The lowest BCUT2D eigenvalue weighted by molar-refractivity contribution is 0.312. The van der Waals surface area contributed by atoms with Crippen LogP contribution in [0.3, 0.4) is 0 Å². The molecule has 0 aliphatic rings. The Morgan fingerprint density at radius 3 is 2.65 bits per heavy atom. The molecule has 3 aromatic heterocycles. The lowest BCUT2D eigenvalue weighted by Crippen LogP contribution is -2.19. The normalized spacial score (nSPS) is 11.3. The van der Waals surface area contributed by atoms with Crippen molar-refractivity contribution in [2.45, 2.75) is 20.0 Å². The van der Waals surface area contributed by atoms with E-state index in [0.717, 1.165) is 18.9 Å². The van der Waals surface area contributed by atoms with Gasteiger partial charge in [-0.15, -0.1) is 0 Å². The number of aryl methyl sites for hydroxylation is 1. The molecule has 0 N–H and O–H groups in total. The first-order valence-electron chi connectivity index (χ1n) is 7.49. The highest BCUT2D eigenvalue weighted by Crippen LogP contribution is 2.16. The van der Waals surface area contributed by atoms with Gasteiger partial charge in [-0.1, -0.05) is 11.6 Å². The van der Waals surface area contributed by atoms with Crippen molar-refractivity contribution in [3.63, 3.8) is 0 Å². The highest BCUT2D eigenvalue weighted by molar-refractivity contribution is 6.30. The van der Waals surface area contributed by atoms with Crippen molar-refractivity contribution in [1.82, 2.24) is 24.2 Å². The zero-order chi connectivity index (χ0) is 16.4. The Morgan fingerprint density at radius 1 is 1.17 bits per heavy atom. The molecule has 0 fully saturated rings. The number of hydrogen-bond acceptors (Lipinski definition) is 3. The fraction of sp³-hybridized carbons (Fsp3) is 0.294. The van der Waals surface area contributed by atoms with Crippen LogP contribution in [0.1, 0.15) is 17.0 Å². The molecule has 0 aromatic carbocycles.